The maximum atomic E-state index is 12.5. The van der Waals surface area contributed by atoms with Crippen molar-refractivity contribution in [2.45, 2.75) is 19.0 Å². The van der Waals surface area contributed by atoms with E-state index in [2.05, 4.69) is 15.4 Å². The fraction of sp³-hybridized carbons (Fsp3) is 0.316. The molecule has 28 heavy (non-hydrogen) atoms. The fourth-order valence-electron chi connectivity index (χ4n) is 3.49. The van der Waals surface area contributed by atoms with E-state index in [9.17, 15) is 9.59 Å². The molecule has 146 valence electrons. The summed E-state index contributed by atoms with van der Waals surface area (Å²) < 4.78 is 6.92. The molecule has 4 rings (SSSR count). The van der Waals surface area contributed by atoms with Gasteiger partial charge in [-0.2, -0.15) is 5.10 Å². The standard InChI is InChI=1S/C19H21N5O4/c1-28-14-4-2-12(3-5-14)10-24-18-16(15(25)6-8-20-18)17(22-24)21-13-7-9-23(11-13)19(26)27/h2-6,8,13H,7,9-11H2,1H3,(H,20,25)(H,21,22)(H,26,27). The molecule has 3 N–H and O–H groups in total. The molecule has 3 heterocycles. The molecule has 9 nitrogen and oxygen atoms in total. The Morgan fingerprint density at radius 2 is 2.14 bits per heavy atom. The fourth-order valence-corrected chi connectivity index (χ4v) is 3.49. The number of H-pyrrole nitrogens is 1. The van der Waals surface area contributed by atoms with E-state index in [0.29, 0.717) is 42.9 Å². The lowest BCUT2D eigenvalue weighted by Gasteiger charge is -2.13. The smallest absolute Gasteiger partial charge is 0.407 e. The number of likely N-dealkylation sites (tertiary alicyclic amines) is 1. The van der Waals surface area contributed by atoms with E-state index in [1.165, 1.54) is 11.0 Å². The van der Waals surface area contributed by atoms with Crippen LogP contribution in [-0.4, -0.2) is 57.1 Å². The van der Waals surface area contributed by atoms with Crippen molar-refractivity contribution in [3.8, 4) is 5.75 Å². The van der Waals surface area contributed by atoms with Crippen molar-refractivity contribution in [1.82, 2.24) is 19.7 Å². The number of hydrogen-bond donors (Lipinski definition) is 3. The molecular weight excluding hydrogens is 362 g/mol. The van der Waals surface area contributed by atoms with Crippen LogP contribution in [0.4, 0.5) is 10.6 Å². The third kappa shape index (κ3) is 3.38. The molecule has 0 saturated carbocycles. The van der Waals surface area contributed by atoms with Crippen molar-refractivity contribution in [1.29, 1.82) is 0 Å². The first-order valence-corrected chi connectivity index (χ1v) is 9.00. The second-order valence-electron chi connectivity index (χ2n) is 6.78. The van der Waals surface area contributed by atoms with Gasteiger partial charge in [0.15, 0.2) is 11.2 Å². The number of fused-ring (bicyclic) bond motifs is 1. The Labute approximate surface area is 160 Å². The molecule has 0 bridgehead atoms. The predicted octanol–water partition coefficient (Wildman–Crippen LogP) is 1.95. The van der Waals surface area contributed by atoms with Crippen LogP contribution < -0.4 is 15.5 Å². The summed E-state index contributed by atoms with van der Waals surface area (Å²) in [5.74, 6) is 1.25. The zero-order valence-corrected chi connectivity index (χ0v) is 15.4. The Kier molecular flexibility index (Phi) is 4.64. The zero-order valence-electron chi connectivity index (χ0n) is 15.4. The minimum atomic E-state index is -0.933. The summed E-state index contributed by atoms with van der Waals surface area (Å²) in [5.41, 5.74) is 1.50. The molecule has 0 spiro atoms. The van der Waals surface area contributed by atoms with Gasteiger partial charge in [0.2, 0.25) is 0 Å². The average molecular weight is 383 g/mol. The van der Waals surface area contributed by atoms with Crippen LogP contribution >= 0.6 is 0 Å². The summed E-state index contributed by atoms with van der Waals surface area (Å²) in [7, 11) is 1.62. The lowest BCUT2D eigenvalue weighted by atomic mass is 10.2. The largest absolute Gasteiger partial charge is 0.497 e. The highest BCUT2D eigenvalue weighted by molar-refractivity contribution is 5.87. The highest BCUT2D eigenvalue weighted by Crippen LogP contribution is 2.22. The number of hydrogen-bond acceptors (Lipinski definition) is 5. The van der Waals surface area contributed by atoms with Crippen molar-refractivity contribution in [3.63, 3.8) is 0 Å². The van der Waals surface area contributed by atoms with Gasteiger partial charge < -0.3 is 25.0 Å². The number of aromatic amines is 1. The number of benzene rings is 1. The second kappa shape index (κ2) is 7.26. The second-order valence-corrected chi connectivity index (χ2v) is 6.78. The van der Waals surface area contributed by atoms with Gasteiger partial charge in [0.25, 0.3) is 0 Å². The van der Waals surface area contributed by atoms with Crippen LogP contribution in [0.15, 0.2) is 41.3 Å². The summed E-state index contributed by atoms with van der Waals surface area (Å²) >= 11 is 0. The molecule has 0 aliphatic carbocycles. The third-order valence-electron chi connectivity index (χ3n) is 4.94. The van der Waals surface area contributed by atoms with Gasteiger partial charge in [0.1, 0.15) is 16.8 Å². The number of ether oxygens (including phenoxy) is 1. The number of nitrogens with one attached hydrogen (secondary N) is 2. The number of aromatic nitrogens is 3. The first-order chi connectivity index (χ1) is 13.5. The number of carbonyl (C=O) groups is 1. The van der Waals surface area contributed by atoms with E-state index in [4.69, 9.17) is 9.84 Å². The maximum Gasteiger partial charge on any atom is 0.407 e. The number of pyridine rings is 1. The lowest BCUT2D eigenvalue weighted by Crippen LogP contribution is -2.30. The quantitative estimate of drug-likeness (QED) is 0.621. The van der Waals surface area contributed by atoms with Gasteiger partial charge in [-0.1, -0.05) is 12.1 Å². The molecule has 2 aromatic heterocycles. The summed E-state index contributed by atoms with van der Waals surface area (Å²) in [6.45, 7) is 1.31. The number of nitrogens with zero attached hydrogens (tertiary/aromatic N) is 3. The normalized spacial score (nSPS) is 16.5. The maximum absolute atomic E-state index is 12.5. The van der Waals surface area contributed by atoms with E-state index in [-0.39, 0.29) is 11.5 Å². The number of rotatable bonds is 5. The molecule has 1 aliphatic rings. The van der Waals surface area contributed by atoms with Crippen LogP contribution in [0.1, 0.15) is 12.0 Å². The first-order valence-electron chi connectivity index (χ1n) is 9.00. The predicted molar refractivity (Wildman–Crippen MR) is 104 cm³/mol. The Balaban J connectivity index is 1.64. The molecule has 1 unspecified atom stereocenters. The summed E-state index contributed by atoms with van der Waals surface area (Å²) in [6, 6.07) is 9.03. The molecule has 1 aliphatic heterocycles. The van der Waals surface area contributed by atoms with Crippen molar-refractivity contribution >= 4 is 22.9 Å². The molecule has 1 saturated heterocycles. The zero-order chi connectivity index (χ0) is 19.7. The highest BCUT2D eigenvalue weighted by Gasteiger charge is 2.27. The minimum absolute atomic E-state index is 0.0803. The van der Waals surface area contributed by atoms with E-state index < -0.39 is 6.09 Å². The number of anilines is 1. The SMILES string of the molecule is COc1ccc(Cn2nc(NC3CCN(C(=O)O)C3)c3c(=O)cc[nH]c32)cc1. The molecule has 0 radical (unpaired) electrons. The van der Waals surface area contributed by atoms with Crippen molar-refractivity contribution in [2.24, 2.45) is 0 Å². The van der Waals surface area contributed by atoms with Crippen LogP contribution in [0, 0.1) is 0 Å². The summed E-state index contributed by atoms with van der Waals surface area (Å²) in [4.78, 5) is 28.1. The first kappa shape index (κ1) is 17.9. The molecule has 9 heteroatoms. The van der Waals surface area contributed by atoms with Crippen LogP contribution in [0.2, 0.25) is 0 Å². The summed E-state index contributed by atoms with van der Waals surface area (Å²) in [5, 5.41) is 17.5. The van der Waals surface area contributed by atoms with Gasteiger partial charge in [0, 0.05) is 31.4 Å². The lowest BCUT2D eigenvalue weighted by molar-refractivity contribution is 0.155. The molecular formula is C19H21N5O4. The Morgan fingerprint density at radius 3 is 2.82 bits per heavy atom. The van der Waals surface area contributed by atoms with E-state index in [0.717, 1.165) is 11.3 Å². The average Bonchev–Trinajstić information content (AvgIpc) is 3.29. The molecule has 1 fully saturated rings. The van der Waals surface area contributed by atoms with Gasteiger partial charge in [-0.05, 0) is 24.1 Å². The molecule has 1 aromatic carbocycles. The number of carboxylic acid groups (broad SMARTS) is 1. The van der Waals surface area contributed by atoms with Gasteiger partial charge in [-0.25, -0.2) is 9.48 Å². The molecule has 3 aromatic rings. The van der Waals surface area contributed by atoms with Crippen LogP contribution in [0.5, 0.6) is 5.75 Å². The topological polar surface area (TPSA) is 112 Å². The molecule has 1 amide bonds. The molecule has 1 atom stereocenters. The Morgan fingerprint density at radius 1 is 1.36 bits per heavy atom. The van der Waals surface area contributed by atoms with Crippen molar-refractivity contribution in [3.05, 3.63) is 52.3 Å². The monoisotopic (exact) mass is 383 g/mol. The van der Waals surface area contributed by atoms with Crippen molar-refractivity contribution in [2.75, 3.05) is 25.5 Å². The van der Waals surface area contributed by atoms with Gasteiger partial charge in [-0.3, -0.25) is 4.79 Å². The van der Waals surface area contributed by atoms with Gasteiger partial charge >= 0.3 is 6.09 Å². The highest BCUT2D eigenvalue weighted by atomic mass is 16.5. The number of amides is 1. The Bertz CT molecular complexity index is 1060. The van der Waals surface area contributed by atoms with Crippen LogP contribution in [-0.2, 0) is 6.54 Å². The third-order valence-corrected chi connectivity index (χ3v) is 4.94. The minimum Gasteiger partial charge on any atom is -0.497 e. The Hall–Kier alpha value is -3.49. The van der Waals surface area contributed by atoms with Gasteiger partial charge in [-0.15, -0.1) is 0 Å². The van der Waals surface area contributed by atoms with E-state index in [1.54, 1.807) is 18.0 Å². The van der Waals surface area contributed by atoms with Crippen LogP contribution in [0.25, 0.3) is 11.0 Å². The number of methoxy groups -OCH3 is 1. The van der Waals surface area contributed by atoms with E-state index in [1.807, 2.05) is 24.3 Å². The van der Waals surface area contributed by atoms with E-state index >= 15 is 0 Å². The van der Waals surface area contributed by atoms with Crippen LogP contribution in [0.3, 0.4) is 0 Å². The van der Waals surface area contributed by atoms with Gasteiger partial charge in [0.05, 0.1) is 13.7 Å². The summed E-state index contributed by atoms with van der Waals surface area (Å²) in [6.07, 6.45) is 1.34. The van der Waals surface area contributed by atoms with Crippen molar-refractivity contribution < 1.29 is 14.6 Å².